The molecule has 0 aliphatic carbocycles. The number of halogens is 3. The van der Waals surface area contributed by atoms with Crippen LogP contribution in [0.25, 0.3) is 0 Å². The fraction of sp³-hybridized carbons (Fsp3) is 0.143. The number of nitrogens with zero attached hydrogens (tertiary/aromatic N) is 2. The molecule has 0 bridgehead atoms. The number of thioether (sulfide) groups is 1. The maximum absolute atomic E-state index is 12.8. The minimum atomic E-state index is -4.37. The first-order valence-electron chi connectivity index (χ1n) is 8.82. The van der Waals surface area contributed by atoms with E-state index in [-0.39, 0.29) is 29.7 Å². The van der Waals surface area contributed by atoms with Crippen molar-refractivity contribution in [1.82, 2.24) is 9.88 Å². The Bertz CT molecular complexity index is 897. The molecular weight excluding hydrogens is 413 g/mol. The molecule has 1 aromatic heterocycles. The van der Waals surface area contributed by atoms with E-state index in [1.54, 1.807) is 42.6 Å². The average molecular weight is 434 g/mol. The van der Waals surface area contributed by atoms with Crippen LogP contribution in [0.15, 0.2) is 90.1 Å². The number of hydrogen-bond donors (Lipinski definition) is 2. The summed E-state index contributed by atoms with van der Waals surface area (Å²) < 4.78 is 37.4. The summed E-state index contributed by atoms with van der Waals surface area (Å²) in [4.78, 5) is 18.5. The van der Waals surface area contributed by atoms with Crippen LogP contribution in [0.5, 0.6) is 0 Å². The van der Waals surface area contributed by atoms with Gasteiger partial charge in [0.1, 0.15) is 0 Å². The molecule has 0 spiro atoms. The van der Waals surface area contributed by atoms with Gasteiger partial charge in [0.15, 0.2) is 0 Å². The lowest BCUT2D eigenvalue weighted by molar-refractivity contribution is -0.0328. The predicted octanol–water partition coefficient (Wildman–Crippen LogP) is 5.31. The van der Waals surface area contributed by atoms with Crippen LogP contribution < -0.4 is 11.1 Å². The van der Waals surface area contributed by atoms with E-state index in [0.29, 0.717) is 17.1 Å². The Labute approximate surface area is 177 Å². The minimum absolute atomic E-state index is 0.0343. The van der Waals surface area contributed by atoms with E-state index in [2.05, 4.69) is 16.9 Å². The van der Waals surface area contributed by atoms with Gasteiger partial charge in [-0.05, 0) is 54.2 Å². The number of benzene rings is 1. The number of rotatable bonds is 8. The molecule has 3 N–H and O–H groups in total. The first kappa shape index (κ1) is 23.1. The van der Waals surface area contributed by atoms with Crippen molar-refractivity contribution in [2.75, 3.05) is 11.9 Å². The third kappa shape index (κ3) is 8.44. The number of alkyl halides is 3. The number of nitrogens with two attached hydrogens (primary N) is 1. The number of carbonyl (C=O) groups is 1. The second-order valence-corrected chi connectivity index (χ2v) is 7.18. The summed E-state index contributed by atoms with van der Waals surface area (Å²) in [5, 5.41) is 2.68. The molecular formula is C21H21F3N4OS. The van der Waals surface area contributed by atoms with E-state index in [9.17, 15) is 18.0 Å². The molecule has 0 fully saturated rings. The smallest absolute Gasteiger partial charge is 0.401 e. The van der Waals surface area contributed by atoms with E-state index < -0.39 is 11.5 Å². The highest BCUT2D eigenvalue weighted by Gasteiger charge is 2.29. The Morgan fingerprint density at radius 1 is 1.20 bits per heavy atom. The van der Waals surface area contributed by atoms with Gasteiger partial charge in [0.05, 0.1) is 18.8 Å². The molecule has 1 heterocycles. The summed E-state index contributed by atoms with van der Waals surface area (Å²) in [5.74, 6) is 0. The van der Waals surface area contributed by atoms with Gasteiger partial charge in [0.25, 0.3) is 0 Å². The zero-order valence-corrected chi connectivity index (χ0v) is 16.8. The topological polar surface area (TPSA) is 71.2 Å². The van der Waals surface area contributed by atoms with E-state index in [1.807, 2.05) is 6.07 Å². The molecule has 0 aliphatic rings. The standard InChI is InChI=1S/C21H21F3N4OS/c1-2-3-4-7-16(25)14-28(15-18-8-5-6-13-26-18)20(29)27-17-9-11-19(12-10-17)30-21(22,23)24/h2-13H,1,14-15,25H2,(H,27,29)/b4-3-,16-7-. The number of hydrogen-bond acceptors (Lipinski definition) is 4. The van der Waals surface area contributed by atoms with Crippen molar-refractivity contribution < 1.29 is 18.0 Å². The van der Waals surface area contributed by atoms with Crippen molar-refractivity contribution in [2.45, 2.75) is 16.9 Å². The van der Waals surface area contributed by atoms with Crippen LogP contribution in [0.2, 0.25) is 0 Å². The fourth-order valence-corrected chi connectivity index (χ4v) is 2.90. The Morgan fingerprint density at radius 3 is 2.53 bits per heavy atom. The largest absolute Gasteiger partial charge is 0.446 e. The summed E-state index contributed by atoms with van der Waals surface area (Å²) >= 11 is -0.215. The van der Waals surface area contributed by atoms with Gasteiger partial charge in [-0.3, -0.25) is 4.98 Å². The quantitative estimate of drug-likeness (QED) is 0.436. The lowest BCUT2D eigenvalue weighted by atomic mass is 10.3. The Morgan fingerprint density at radius 2 is 1.93 bits per heavy atom. The SMILES string of the molecule is C=C/C=C\C=C(/N)CN(Cc1ccccn1)C(=O)Nc1ccc(SC(F)(F)F)cc1. The van der Waals surface area contributed by atoms with Gasteiger partial charge in [-0.15, -0.1) is 0 Å². The molecule has 0 radical (unpaired) electrons. The molecule has 9 heteroatoms. The highest BCUT2D eigenvalue weighted by Crippen LogP contribution is 2.37. The maximum Gasteiger partial charge on any atom is 0.446 e. The van der Waals surface area contributed by atoms with Crippen molar-refractivity contribution in [3.05, 3.63) is 90.9 Å². The second-order valence-electron chi connectivity index (χ2n) is 6.04. The van der Waals surface area contributed by atoms with Gasteiger partial charge in [0.2, 0.25) is 0 Å². The summed E-state index contributed by atoms with van der Waals surface area (Å²) in [7, 11) is 0. The second kappa shape index (κ2) is 11.1. The van der Waals surface area contributed by atoms with Gasteiger partial charge in [-0.25, -0.2) is 4.79 Å². The first-order valence-corrected chi connectivity index (χ1v) is 9.64. The molecule has 0 saturated heterocycles. The highest BCUT2D eigenvalue weighted by atomic mass is 32.2. The summed E-state index contributed by atoms with van der Waals surface area (Å²) in [6.45, 7) is 3.91. The lowest BCUT2D eigenvalue weighted by Crippen LogP contribution is -2.37. The Balaban J connectivity index is 2.12. The molecule has 0 atom stereocenters. The molecule has 2 rings (SSSR count). The molecule has 2 aromatic rings. The molecule has 30 heavy (non-hydrogen) atoms. The van der Waals surface area contributed by atoms with Gasteiger partial charge in [-0.2, -0.15) is 13.2 Å². The molecule has 5 nitrogen and oxygen atoms in total. The highest BCUT2D eigenvalue weighted by molar-refractivity contribution is 8.00. The van der Waals surface area contributed by atoms with Crippen LogP contribution in [0.3, 0.4) is 0 Å². The van der Waals surface area contributed by atoms with Crippen molar-refractivity contribution >= 4 is 23.5 Å². The molecule has 158 valence electrons. The first-order chi connectivity index (χ1) is 14.3. The molecule has 2 amide bonds. The number of urea groups is 1. The Hall–Kier alpha value is -3.20. The van der Waals surface area contributed by atoms with E-state index in [1.165, 1.54) is 29.2 Å². The molecule has 0 saturated carbocycles. The van der Waals surface area contributed by atoms with Crippen molar-refractivity contribution in [1.29, 1.82) is 0 Å². The zero-order valence-electron chi connectivity index (χ0n) is 16.0. The van der Waals surface area contributed by atoms with Crippen LogP contribution in [0.4, 0.5) is 23.7 Å². The molecule has 1 aromatic carbocycles. The number of allylic oxidation sites excluding steroid dienone is 4. The number of aromatic nitrogens is 1. The summed E-state index contributed by atoms with van der Waals surface area (Å²) in [5.41, 5.74) is 3.11. The fourth-order valence-electron chi connectivity index (χ4n) is 2.36. The Kier molecular flexibility index (Phi) is 8.54. The van der Waals surface area contributed by atoms with Gasteiger partial charge in [0, 0.05) is 22.5 Å². The monoisotopic (exact) mass is 434 g/mol. The van der Waals surface area contributed by atoms with Crippen LogP contribution in [0, 0.1) is 0 Å². The predicted molar refractivity (Wildman–Crippen MR) is 114 cm³/mol. The van der Waals surface area contributed by atoms with E-state index >= 15 is 0 Å². The number of anilines is 1. The maximum atomic E-state index is 12.8. The number of amides is 2. The van der Waals surface area contributed by atoms with Gasteiger partial charge in [-0.1, -0.05) is 30.9 Å². The normalized spacial score (nSPS) is 12.0. The van der Waals surface area contributed by atoms with Crippen LogP contribution in [-0.2, 0) is 6.54 Å². The molecule has 0 unspecified atom stereocenters. The third-order valence-electron chi connectivity index (χ3n) is 3.64. The summed E-state index contributed by atoms with van der Waals surface area (Å²) in [6, 6.07) is 10.3. The van der Waals surface area contributed by atoms with Crippen molar-refractivity contribution in [3.8, 4) is 0 Å². The number of nitrogens with one attached hydrogen (secondary N) is 1. The lowest BCUT2D eigenvalue weighted by Gasteiger charge is -2.23. The third-order valence-corrected chi connectivity index (χ3v) is 4.38. The molecule has 0 aliphatic heterocycles. The van der Waals surface area contributed by atoms with Crippen LogP contribution >= 0.6 is 11.8 Å². The van der Waals surface area contributed by atoms with E-state index in [0.717, 1.165) is 0 Å². The van der Waals surface area contributed by atoms with Crippen molar-refractivity contribution in [3.63, 3.8) is 0 Å². The van der Waals surface area contributed by atoms with Gasteiger partial charge >= 0.3 is 11.5 Å². The number of carbonyl (C=O) groups excluding carboxylic acids is 1. The minimum Gasteiger partial charge on any atom is -0.401 e. The summed E-state index contributed by atoms with van der Waals surface area (Å²) in [6.07, 6.45) is 8.29. The zero-order chi connectivity index (χ0) is 22.0. The average Bonchev–Trinajstić information content (AvgIpc) is 2.69. The van der Waals surface area contributed by atoms with Crippen molar-refractivity contribution in [2.24, 2.45) is 5.73 Å². The van der Waals surface area contributed by atoms with Crippen LogP contribution in [-0.4, -0.2) is 28.0 Å². The van der Waals surface area contributed by atoms with Crippen LogP contribution in [0.1, 0.15) is 5.69 Å². The number of pyridine rings is 1. The van der Waals surface area contributed by atoms with E-state index in [4.69, 9.17) is 5.73 Å². The van der Waals surface area contributed by atoms with Gasteiger partial charge < -0.3 is 16.0 Å².